The molecule has 0 bridgehead atoms. The molecule has 3 rings (SSSR count). The van der Waals surface area contributed by atoms with Gasteiger partial charge in [0.25, 0.3) is 11.8 Å². The zero-order chi connectivity index (χ0) is 19.7. The third-order valence-corrected chi connectivity index (χ3v) is 5.54. The molecule has 2 unspecified atom stereocenters. The van der Waals surface area contributed by atoms with Gasteiger partial charge in [0.15, 0.2) is 0 Å². The van der Waals surface area contributed by atoms with Crippen molar-refractivity contribution in [2.75, 3.05) is 19.4 Å². The maximum Gasteiger partial charge on any atom is 0.536 e. The van der Waals surface area contributed by atoms with Gasteiger partial charge in [-0.2, -0.15) is 0 Å². The summed E-state index contributed by atoms with van der Waals surface area (Å²) < 4.78 is 10.5. The second-order valence-corrected chi connectivity index (χ2v) is 7.31. The largest absolute Gasteiger partial charge is 0.536 e. The number of rotatable bonds is 5. The summed E-state index contributed by atoms with van der Waals surface area (Å²) in [6.07, 6.45) is 0.310. The molecular weight excluding hydrogens is 377 g/mol. The van der Waals surface area contributed by atoms with E-state index in [1.54, 1.807) is 6.07 Å². The van der Waals surface area contributed by atoms with Crippen molar-refractivity contribution in [1.82, 2.24) is 10.4 Å². The van der Waals surface area contributed by atoms with Crippen molar-refractivity contribution in [3.8, 4) is 11.5 Å². The molecule has 1 saturated heterocycles. The number of hydrogen-bond acceptors (Lipinski definition) is 8. The number of nitrogens with two attached hydrogens (primary N) is 1. The number of thioether (sulfide) groups is 1. The topological polar surface area (TPSA) is 151 Å². The Bertz CT molecular complexity index is 793. The maximum absolute atomic E-state index is 12.2. The van der Waals surface area contributed by atoms with Gasteiger partial charge in [-0.05, 0) is 18.1 Å². The van der Waals surface area contributed by atoms with E-state index >= 15 is 0 Å². The second kappa shape index (κ2) is 7.67. The Hall–Kier alpha value is -2.44. The van der Waals surface area contributed by atoms with E-state index in [1.807, 2.05) is 0 Å². The van der Waals surface area contributed by atoms with Crippen molar-refractivity contribution in [3.05, 3.63) is 23.3 Å². The van der Waals surface area contributed by atoms with Gasteiger partial charge in [-0.1, -0.05) is 6.07 Å². The van der Waals surface area contributed by atoms with Crippen LogP contribution >= 0.6 is 11.8 Å². The van der Waals surface area contributed by atoms with Crippen LogP contribution in [0.25, 0.3) is 0 Å². The predicted octanol–water partition coefficient (Wildman–Crippen LogP) is -1.35. The fourth-order valence-electron chi connectivity index (χ4n) is 2.89. The molecule has 2 aliphatic heterocycles. The van der Waals surface area contributed by atoms with Crippen molar-refractivity contribution in [2.24, 2.45) is 5.73 Å². The number of methoxy groups -OCH3 is 1. The number of fused-ring (bicyclic) bond motifs is 1. The number of nitrogens with zero attached hydrogens (tertiary/aromatic N) is 1. The molecule has 2 heterocycles. The highest BCUT2D eigenvalue weighted by atomic mass is 32.2. The highest BCUT2D eigenvalue weighted by Crippen LogP contribution is 2.38. The lowest BCUT2D eigenvalue weighted by Crippen LogP contribution is -2.43. The molecule has 10 nitrogen and oxygen atoms in total. The minimum Gasteiger partial charge on any atom is -0.534 e. The normalized spacial score (nSPS) is 21.4. The molecule has 144 valence electrons. The van der Waals surface area contributed by atoms with E-state index in [-0.39, 0.29) is 35.3 Å². The summed E-state index contributed by atoms with van der Waals surface area (Å²) in [5.74, 6) is -1.79. The lowest BCUT2D eigenvalue weighted by Gasteiger charge is -2.28. The standard InChI is InChI=1S/C15H18BN3O7S/c1-25-9-3-2-7-4-10(16(24)26-13(7)12(9)15(22)23)27-6-11(20)19-5-8(17)14(21)18-19/h2-3,8,10,24H,4-6,17H2,1H3,(H,18,21)(H,22,23). The van der Waals surface area contributed by atoms with Crippen LogP contribution in [0.5, 0.6) is 11.5 Å². The number of carboxylic acid groups (broad SMARTS) is 1. The molecule has 27 heavy (non-hydrogen) atoms. The number of aromatic carboxylic acids is 1. The quantitative estimate of drug-likeness (QED) is 0.444. The first-order valence-corrected chi connectivity index (χ1v) is 9.12. The van der Waals surface area contributed by atoms with Crippen molar-refractivity contribution in [2.45, 2.75) is 17.6 Å². The number of carbonyl (C=O) groups excluding carboxylic acids is 2. The molecule has 12 heteroatoms. The Balaban J connectivity index is 1.69. The molecule has 0 aliphatic carbocycles. The number of hydrazine groups is 1. The number of ether oxygens (including phenoxy) is 1. The van der Waals surface area contributed by atoms with Gasteiger partial charge >= 0.3 is 13.1 Å². The molecule has 0 saturated carbocycles. The molecule has 2 aliphatic rings. The van der Waals surface area contributed by atoms with Crippen molar-refractivity contribution in [3.63, 3.8) is 0 Å². The van der Waals surface area contributed by atoms with E-state index < -0.39 is 30.2 Å². The van der Waals surface area contributed by atoms with Crippen LogP contribution in [0.4, 0.5) is 0 Å². The molecule has 0 spiro atoms. The van der Waals surface area contributed by atoms with Crippen LogP contribution in [0.2, 0.25) is 0 Å². The van der Waals surface area contributed by atoms with E-state index in [0.29, 0.717) is 12.0 Å². The van der Waals surface area contributed by atoms with Gasteiger partial charge in [-0.15, -0.1) is 11.8 Å². The Labute approximate surface area is 159 Å². The third kappa shape index (κ3) is 3.82. The first-order valence-electron chi connectivity index (χ1n) is 8.07. The summed E-state index contributed by atoms with van der Waals surface area (Å²) in [7, 11) is 0.0525. The molecule has 2 atom stereocenters. The first kappa shape index (κ1) is 19.3. The molecule has 5 N–H and O–H groups in total. The number of carbonyl (C=O) groups is 3. The first-order chi connectivity index (χ1) is 12.8. The van der Waals surface area contributed by atoms with E-state index in [4.69, 9.17) is 15.1 Å². The SMILES string of the molecule is COc1ccc2c(c1C(=O)O)OB(O)C(SCC(=O)N1CC(N)C(=O)N1)C2. The molecule has 2 amide bonds. The fraction of sp³-hybridized carbons (Fsp3) is 0.400. The van der Waals surface area contributed by atoms with Gasteiger partial charge in [-0.3, -0.25) is 20.0 Å². The van der Waals surface area contributed by atoms with E-state index in [1.165, 1.54) is 13.2 Å². The van der Waals surface area contributed by atoms with E-state index in [0.717, 1.165) is 16.8 Å². The maximum atomic E-state index is 12.2. The number of nitrogens with one attached hydrogen (secondary N) is 1. The smallest absolute Gasteiger partial charge is 0.534 e. The predicted molar refractivity (Wildman–Crippen MR) is 96.3 cm³/mol. The third-order valence-electron chi connectivity index (χ3n) is 4.30. The molecule has 1 aromatic carbocycles. The van der Waals surface area contributed by atoms with Crippen LogP contribution in [0.1, 0.15) is 15.9 Å². The average Bonchev–Trinajstić information content (AvgIpc) is 2.97. The molecule has 1 fully saturated rings. The monoisotopic (exact) mass is 395 g/mol. The summed E-state index contributed by atoms with van der Waals surface area (Å²) in [5, 5.41) is 20.3. The second-order valence-electron chi connectivity index (χ2n) is 6.09. The Morgan fingerprint density at radius 2 is 2.26 bits per heavy atom. The van der Waals surface area contributed by atoms with E-state index in [9.17, 15) is 24.5 Å². The van der Waals surface area contributed by atoms with Crippen LogP contribution in [-0.4, -0.2) is 70.6 Å². The van der Waals surface area contributed by atoms with Gasteiger partial charge in [0.2, 0.25) is 0 Å². The number of benzene rings is 1. The van der Waals surface area contributed by atoms with E-state index in [2.05, 4.69) is 5.43 Å². The van der Waals surface area contributed by atoms with Crippen molar-refractivity contribution < 1.29 is 33.9 Å². The van der Waals surface area contributed by atoms with Gasteiger partial charge in [0.1, 0.15) is 23.1 Å². The minimum atomic E-state index is -1.30. The fourth-order valence-corrected chi connectivity index (χ4v) is 3.92. The Morgan fingerprint density at radius 3 is 2.85 bits per heavy atom. The molecular formula is C15H18BN3O7S. The minimum absolute atomic E-state index is 0.00460. The number of hydrogen-bond donors (Lipinski definition) is 4. The zero-order valence-corrected chi connectivity index (χ0v) is 15.2. The summed E-state index contributed by atoms with van der Waals surface area (Å²) in [4.78, 5) is 35.1. The molecule has 0 aromatic heterocycles. The summed E-state index contributed by atoms with van der Waals surface area (Å²) >= 11 is 1.15. The van der Waals surface area contributed by atoms with Crippen LogP contribution in [0.3, 0.4) is 0 Å². The van der Waals surface area contributed by atoms with Crippen LogP contribution in [-0.2, 0) is 16.0 Å². The lowest BCUT2D eigenvalue weighted by atomic mass is 9.77. The summed E-state index contributed by atoms with van der Waals surface area (Å²) in [6, 6.07) is 2.44. The van der Waals surface area contributed by atoms with Crippen molar-refractivity contribution >= 4 is 36.7 Å². The average molecular weight is 395 g/mol. The highest BCUT2D eigenvalue weighted by molar-refractivity contribution is 8.01. The number of carboxylic acids is 1. The Morgan fingerprint density at radius 1 is 1.52 bits per heavy atom. The lowest BCUT2D eigenvalue weighted by molar-refractivity contribution is -0.133. The van der Waals surface area contributed by atoms with Crippen LogP contribution in [0.15, 0.2) is 12.1 Å². The van der Waals surface area contributed by atoms with Crippen molar-refractivity contribution in [1.29, 1.82) is 0 Å². The highest BCUT2D eigenvalue weighted by Gasteiger charge is 2.39. The van der Waals surface area contributed by atoms with Gasteiger partial charge in [0, 0.05) is 0 Å². The van der Waals surface area contributed by atoms with Crippen LogP contribution < -0.4 is 20.6 Å². The molecule has 1 aromatic rings. The summed E-state index contributed by atoms with van der Waals surface area (Å²) in [5.41, 5.74) is 8.38. The Kier molecular flexibility index (Phi) is 5.49. The van der Waals surface area contributed by atoms with Gasteiger partial charge in [0.05, 0.1) is 24.6 Å². The van der Waals surface area contributed by atoms with Crippen LogP contribution in [0, 0.1) is 0 Å². The van der Waals surface area contributed by atoms with Gasteiger partial charge in [-0.25, -0.2) is 4.79 Å². The number of amides is 2. The summed E-state index contributed by atoms with van der Waals surface area (Å²) in [6.45, 7) is 0.0898. The van der Waals surface area contributed by atoms with Gasteiger partial charge < -0.3 is 25.3 Å². The zero-order valence-electron chi connectivity index (χ0n) is 14.4. The molecule has 0 radical (unpaired) electrons.